The molecular weight excluding hydrogens is 220 g/mol. The topological polar surface area (TPSA) is 79.0 Å². The molecule has 0 aromatic heterocycles. The largest absolute Gasteiger partial charge is 0.497 e. The first-order valence-electron chi connectivity index (χ1n) is 4.74. The summed E-state index contributed by atoms with van der Waals surface area (Å²) in [5, 5.41) is 16.0. The predicted octanol–water partition coefficient (Wildman–Crippen LogP) is 1.62. The summed E-state index contributed by atoms with van der Waals surface area (Å²) in [4.78, 5) is 4.45. The molecule has 0 amide bonds. The lowest BCUT2D eigenvalue weighted by atomic mass is 10.3. The molecule has 6 nitrogen and oxygen atoms in total. The highest BCUT2D eigenvalue weighted by atomic mass is 16.6. The maximum atomic E-state index is 8.73. The number of anilines is 1. The van der Waals surface area contributed by atoms with Crippen LogP contribution >= 0.6 is 0 Å². The zero-order chi connectivity index (χ0) is 12.5. The van der Waals surface area contributed by atoms with Crippen LogP contribution in [0.4, 0.5) is 5.69 Å². The average molecular weight is 232 g/mol. The molecular formula is C11H12N4O2. The van der Waals surface area contributed by atoms with Gasteiger partial charge in [0.15, 0.2) is 5.71 Å². The Morgan fingerprint density at radius 3 is 2.59 bits per heavy atom. The molecule has 1 N–H and O–H groups in total. The van der Waals surface area contributed by atoms with Crippen LogP contribution in [-0.2, 0) is 4.84 Å². The van der Waals surface area contributed by atoms with Gasteiger partial charge in [0.2, 0.25) is 0 Å². The zero-order valence-corrected chi connectivity index (χ0v) is 9.54. The van der Waals surface area contributed by atoms with Crippen LogP contribution in [0, 0.1) is 11.3 Å². The maximum absolute atomic E-state index is 8.73. The van der Waals surface area contributed by atoms with Crippen molar-refractivity contribution in [2.75, 3.05) is 19.6 Å². The van der Waals surface area contributed by atoms with Gasteiger partial charge in [0.1, 0.15) is 25.1 Å². The molecule has 0 saturated carbocycles. The summed E-state index contributed by atoms with van der Waals surface area (Å²) >= 11 is 0. The second-order valence-electron chi connectivity index (χ2n) is 2.87. The quantitative estimate of drug-likeness (QED) is 0.618. The number of hydrogen-bond acceptors (Lipinski definition) is 6. The summed E-state index contributed by atoms with van der Waals surface area (Å²) in [6.07, 6.45) is 1.22. The van der Waals surface area contributed by atoms with E-state index in [0.29, 0.717) is 0 Å². The molecule has 0 fully saturated rings. The van der Waals surface area contributed by atoms with Gasteiger partial charge in [0, 0.05) is 0 Å². The molecule has 6 heteroatoms. The summed E-state index contributed by atoms with van der Waals surface area (Å²) in [7, 11) is 2.98. The summed E-state index contributed by atoms with van der Waals surface area (Å²) in [5.41, 5.74) is 3.57. The molecule has 0 radical (unpaired) electrons. The molecule has 17 heavy (non-hydrogen) atoms. The molecule has 1 aromatic carbocycles. The van der Waals surface area contributed by atoms with E-state index < -0.39 is 0 Å². The monoisotopic (exact) mass is 232 g/mol. The van der Waals surface area contributed by atoms with Crippen LogP contribution in [0.15, 0.2) is 34.5 Å². The highest BCUT2D eigenvalue weighted by molar-refractivity contribution is 6.37. The van der Waals surface area contributed by atoms with Gasteiger partial charge in [-0.15, -0.1) is 0 Å². The Morgan fingerprint density at radius 2 is 2.06 bits per heavy atom. The van der Waals surface area contributed by atoms with Crippen molar-refractivity contribution in [3.63, 3.8) is 0 Å². The van der Waals surface area contributed by atoms with Crippen LogP contribution in [-0.4, -0.2) is 26.1 Å². The average Bonchev–Trinajstić information content (AvgIpc) is 2.39. The third kappa shape index (κ3) is 4.22. The highest BCUT2D eigenvalue weighted by Crippen LogP contribution is 2.14. The number of ether oxygens (including phenoxy) is 1. The van der Waals surface area contributed by atoms with Crippen molar-refractivity contribution < 1.29 is 9.57 Å². The minimum Gasteiger partial charge on any atom is -0.497 e. The maximum Gasteiger partial charge on any atom is 0.182 e. The minimum atomic E-state index is 0.114. The molecule has 0 unspecified atom stereocenters. The number of hydrogen-bond donors (Lipinski definition) is 1. The van der Waals surface area contributed by atoms with Gasteiger partial charge in [-0.3, -0.25) is 5.43 Å². The number of nitrogens with zero attached hydrogens (tertiary/aromatic N) is 3. The Kier molecular flexibility index (Phi) is 5.04. The Morgan fingerprint density at radius 1 is 1.35 bits per heavy atom. The number of methoxy groups -OCH3 is 1. The number of nitrogens with one attached hydrogen (secondary N) is 1. The Balaban J connectivity index is 2.67. The fourth-order valence-electron chi connectivity index (χ4n) is 0.976. The smallest absolute Gasteiger partial charge is 0.182 e. The molecule has 0 aliphatic rings. The first kappa shape index (κ1) is 12.5. The van der Waals surface area contributed by atoms with Crippen LogP contribution in [0.25, 0.3) is 0 Å². The van der Waals surface area contributed by atoms with Gasteiger partial charge >= 0.3 is 0 Å². The summed E-state index contributed by atoms with van der Waals surface area (Å²) in [6.45, 7) is 0. The minimum absolute atomic E-state index is 0.114. The van der Waals surface area contributed by atoms with Crippen molar-refractivity contribution in [1.29, 1.82) is 5.26 Å². The van der Waals surface area contributed by atoms with Gasteiger partial charge in [-0.25, -0.2) is 0 Å². The Labute approximate surface area is 99.1 Å². The van der Waals surface area contributed by atoms with Gasteiger partial charge in [0.05, 0.1) is 12.8 Å². The van der Waals surface area contributed by atoms with E-state index >= 15 is 0 Å². The van der Waals surface area contributed by atoms with E-state index in [1.807, 2.05) is 6.07 Å². The van der Waals surface area contributed by atoms with E-state index in [-0.39, 0.29) is 5.71 Å². The summed E-state index contributed by atoms with van der Waals surface area (Å²) < 4.78 is 5.02. The third-order valence-corrected chi connectivity index (χ3v) is 1.79. The second-order valence-corrected chi connectivity index (χ2v) is 2.87. The van der Waals surface area contributed by atoms with E-state index in [1.54, 1.807) is 31.4 Å². The lowest BCUT2D eigenvalue weighted by Gasteiger charge is -2.02. The number of benzene rings is 1. The fraction of sp³-hybridized carbons (Fsp3) is 0.182. The van der Waals surface area contributed by atoms with Gasteiger partial charge < -0.3 is 9.57 Å². The lowest BCUT2D eigenvalue weighted by Crippen LogP contribution is -2.01. The number of nitriles is 1. The summed E-state index contributed by atoms with van der Waals surface area (Å²) in [6, 6.07) is 9.00. The van der Waals surface area contributed by atoms with E-state index in [2.05, 4.69) is 20.5 Å². The molecule has 1 aromatic rings. The van der Waals surface area contributed by atoms with Crippen molar-refractivity contribution in [3.8, 4) is 11.8 Å². The highest BCUT2D eigenvalue weighted by Gasteiger charge is 1.94. The van der Waals surface area contributed by atoms with Crippen molar-refractivity contribution in [3.05, 3.63) is 24.3 Å². The second kappa shape index (κ2) is 6.85. The molecule has 0 saturated heterocycles. The number of oxime groups is 1. The standard InChI is InChI=1S/C11H12N4O2/c1-16-11-5-3-9(4-6-11)14-15-10(7-12)8-13-17-2/h3-6,8,14H,1-2H3/b13-8+,15-10-. The van der Waals surface area contributed by atoms with E-state index in [4.69, 9.17) is 10.00 Å². The summed E-state index contributed by atoms with van der Waals surface area (Å²) in [5.74, 6) is 0.751. The van der Waals surface area contributed by atoms with Crippen LogP contribution in [0.1, 0.15) is 0 Å². The molecule has 1 rings (SSSR count). The first-order valence-corrected chi connectivity index (χ1v) is 4.74. The molecule has 0 aliphatic heterocycles. The first-order chi connectivity index (χ1) is 8.30. The molecule has 0 bridgehead atoms. The normalized spacial score (nSPS) is 11.0. The molecule has 0 spiro atoms. The molecule has 0 atom stereocenters. The lowest BCUT2D eigenvalue weighted by molar-refractivity contribution is 0.216. The predicted molar refractivity (Wildman–Crippen MR) is 65.2 cm³/mol. The molecule has 0 aliphatic carbocycles. The van der Waals surface area contributed by atoms with Crippen molar-refractivity contribution in [2.24, 2.45) is 10.3 Å². The van der Waals surface area contributed by atoms with Crippen LogP contribution in [0.3, 0.4) is 0 Å². The Hall–Kier alpha value is -2.55. The van der Waals surface area contributed by atoms with Crippen LogP contribution in [0.5, 0.6) is 5.75 Å². The van der Waals surface area contributed by atoms with E-state index in [0.717, 1.165) is 11.4 Å². The van der Waals surface area contributed by atoms with Crippen molar-refractivity contribution >= 4 is 17.6 Å². The van der Waals surface area contributed by atoms with Crippen LogP contribution < -0.4 is 10.2 Å². The van der Waals surface area contributed by atoms with Crippen molar-refractivity contribution in [2.45, 2.75) is 0 Å². The zero-order valence-electron chi connectivity index (χ0n) is 9.54. The molecule has 0 heterocycles. The van der Waals surface area contributed by atoms with E-state index in [9.17, 15) is 0 Å². The number of hydrazone groups is 1. The fourth-order valence-corrected chi connectivity index (χ4v) is 0.976. The van der Waals surface area contributed by atoms with Gasteiger partial charge in [-0.1, -0.05) is 5.16 Å². The SMILES string of the molecule is CO/N=C/C(C#N)=N\Nc1ccc(OC)cc1. The van der Waals surface area contributed by atoms with Gasteiger partial charge in [0.25, 0.3) is 0 Å². The van der Waals surface area contributed by atoms with Gasteiger partial charge in [-0.2, -0.15) is 10.4 Å². The third-order valence-electron chi connectivity index (χ3n) is 1.79. The number of rotatable bonds is 5. The molecule has 88 valence electrons. The Bertz CT molecular complexity index is 446. The van der Waals surface area contributed by atoms with E-state index in [1.165, 1.54) is 13.3 Å². The van der Waals surface area contributed by atoms with Crippen LogP contribution in [0.2, 0.25) is 0 Å². The van der Waals surface area contributed by atoms with Crippen molar-refractivity contribution in [1.82, 2.24) is 0 Å². The van der Waals surface area contributed by atoms with Gasteiger partial charge in [-0.05, 0) is 24.3 Å².